The number of halogens is 3. The molecule has 3 aromatic carbocycles. The Morgan fingerprint density at radius 1 is 0.703 bits per heavy atom. The highest BCUT2D eigenvalue weighted by molar-refractivity contribution is 6.10. The first kappa shape index (κ1) is 22.8. The maximum absolute atomic E-state index is 13.1. The third-order valence-corrected chi connectivity index (χ3v) is 6.32. The third kappa shape index (κ3) is 4.18. The lowest BCUT2D eigenvalue weighted by molar-refractivity contribution is -0.137. The van der Waals surface area contributed by atoms with Crippen molar-refractivity contribution in [3.63, 3.8) is 0 Å². The predicted octanol–water partition coefficient (Wildman–Crippen LogP) is 8.36. The van der Waals surface area contributed by atoms with E-state index in [1.807, 2.05) is 43.3 Å². The van der Waals surface area contributed by atoms with Gasteiger partial charge in [0.15, 0.2) is 0 Å². The molecule has 182 valence electrons. The standard InChI is InChI=1S/C30H20F3N3O/c1-19-6-5-14-35-29(19)36-26-10-3-2-9-24(26)25-12-11-21(17-27(25)36)20-7-4-8-23(16-20)37-28-18-22(13-15-34-28)30(31,32)33/h2-18H,1H3. The molecule has 6 aromatic rings. The summed E-state index contributed by atoms with van der Waals surface area (Å²) < 4.78 is 47.1. The minimum Gasteiger partial charge on any atom is -0.439 e. The number of aryl methyl sites for hydroxylation is 1. The molecule has 0 amide bonds. The number of nitrogens with zero attached hydrogens (tertiary/aromatic N) is 3. The van der Waals surface area contributed by atoms with Crippen molar-refractivity contribution in [2.24, 2.45) is 0 Å². The molecule has 0 bridgehead atoms. The van der Waals surface area contributed by atoms with Gasteiger partial charge in [0, 0.05) is 29.2 Å². The number of rotatable bonds is 4. The number of para-hydroxylation sites is 1. The van der Waals surface area contributed by atoms with E-state index in [0.29, 0.717) is 5.75 Å². The highest BCUT2D eigenvalue weighted by Crippen LogP contribution is 2.36. The van der Waals surface area contributed by atoms with Gasteiger partial charge < -0.3 is 4.74 Å². The van der Waals surface area contributed by atoms with Gasteiger partial charge in [-0.25, -0.2) is 9.97 Å². The van der Waals surface area contributed by atoms with E-state index in [1.165, 1.54) is 0 Å². The number of alkyl halides is 3. The van der Waals surface area contributed by atoms with Crippen molar-refractivity contribution in [2.45, 2.75) is 13.1 Å². The highest BCUT2D eigenvalue weighted by atomic mass is 19.4. The highest BCUT2D eigenvalue weighted by Gasteiger charge is 2.31. The summed E-state index contributed by atoms with van der Waals surface area (Å²) in [4.78, 5) is 8.60. The zero-order valence-corrected chi connectivity index (χ0v) is 19.7. The van der Waals surface area contributed by atoms with Crippen LogP contribution in [0.5, 0.6) is 11.6 Å². The summed E-state index contributed by atoms with van der Waals surface area (Å²) in [6.07, 6.45) is -1.59. The van der Waals surface area contributed by atoms with Crippen LogP contribution in [-0.4, -0.2) is 14.5 Å². The molecule has 37 heavy (non-hydrogen) atoms. The number of hydrogen-bond acceptors (Lipinski definition) is 3. The Morgan fingerprint density at radius 3 is 2.35 bits per heavy atom. The van der Waals surface area contributed by atoms with Gasteiger partial charge in [-0.3, -0.25) is 4.57 Å². The van der Waals surface area contributed by atoms with Gasteiger partial charge in [0.1, 0.15) is 11.6 Å². The average Bonchev–Trinajstić information content (AvgIpc) is 3.22. The Balaban J connectivity index is 1.45. The van der Waals surface area contributed by atoms with Crippen LogP contribution in [0.25, 0.3) is 38.8 Å². The van der Waals surface area contributed by atoms with Crippen molar-refractivity contribution in [3.05, 3.63) is 115 Å². The van der Waals surface area contributed by atoms with E-state index in [9.17, 15) is 13.2 Å². The maximum atomic E-state index is 13.1. The van der Waals surface area contributed by atoms with Crippen LogP contribution >= 0.6 is 0 Å². The van der Waals surface area contributed by atoms with Gasteiger partial charge >= 0.3 is 6.18 Å². The van der Waals surface area contributed by atoms with Crippen LogP contribution < -0.4 is 4.74 Å². The molecule has 0 aliphatic rings. The van der Waals surface area contributed by atoms with Gasteiger partial charge in [-0.15, -0.1) is 0 Å². The monoisotopic (exact) mass is 495 g/mol. The van der Waals surface area contributed by atoms with E-state index < -0.39 is 11.7 Å². The van der Waals surface area contributed by atoms with E-state index in [1.54, 1.807) is 24.4 Å². The third-order valence-electron chi connectivity index (χ3n) is 6.32. The Labute approximate surface area is 210 Å². The van der Waals surface area contributed by atoms with Crippen LogP contribution in [0.15, 0.2) is 103 Å². The van der Waals surface area contributed by atoms with Crippen molar-refractivity contribution in [1.82, 2.24) is 14.5 Å². The molecule has 7 heteroatoms. The largest absolute Gasteiger partial charge is 0.439 e. The average molecular weight is 496 g/mol. The first-order valence-corrected chi connectivity index (χ1v) is 11.7. The quantitative estimate of drug-likeness (QED) is 0.247. The Morgan fingerprint density at radius 2 is 1.51 bits per heavy atom. The Kier molecular flexibility index (Phi) is 5.41. The molecule has 0 saturated heterocycles. The summed E-state index contributed by atoms with van der Waals surface area (Å²) >= 11 is 0. The second-order valence-corrected chi connectivity index (χ2v) is 8.74. The first-order chi connectivity index (χ1) is 17.9. The van der Waals surface area contributed by atoms with Crippen LogP contribution in [-0.2, 0) is 6.18 Å². The molecule has 0 atom stereocenters. The van der Waals surface area contributed by atoms with Crippen LogP contribution in [0.4, 0.5) is 13.2 Å². The van der Waals surface area contributed by atoms with Gasteiger partial charge in [0.2, 0.25) is 5.88 Å². The zero-order valence-electron chi connectivity index (χ0n) is 19.7. The SMILES string of the molecule is Cc1cccnc1-n1c2ccccc2c2ccc(-c3cccc(Oc4cc(C(F)(F)F)ccn4)c3)cc21. The summed E-state index contributed by atoms with van der Waals surface area (Å²) in [6.45, 7) is 2.04. The zero-order chi connectivity index (χ0) is 25.6. The number of pyridine rings is 2. The Bertz CT molecular complexity index is 1770. The van der Waals surface area contributed by atoms with Crippen LogP contribution in [0, 0.1) is 6.92 Å². The van der Waals surface area contributed by atoms with Crippen molar-refractivity contribution in [3.8, 4) is 28.6 Å². The first-order valence-electron chi connectivity index (χ1n) is 11.7. The molecular weight excluding hydrogens is 475 g/mol. The molecule has 0 fully saturated rings. The molecule has 4 nitrogen and oxygen atoms in total. The van der Waals surface area contributed by atoms with E-state index in [0.717, 1.165) is 62.6 Å². The fourth-order valence-electron chi connectivity index (χ4n) is 4.59. The topological polar surface area (TPSA) is 39.9 Å². The van der Waals surface area contributed by atoms with Crippen LogP contribution in [0.3, 0.4) is 0 Å². The van der Waals surface area contributed by atoms with Crippen molar-refractivity contribution in [2.75, 3.05) is 0 Å². The number of hydrogen-bond donors (Lipinski definition) is 0. The van der Waals surface area contributed by atoms with E-state index in [-0.39, 0.29) is 5.88 Å². The second kappa shape index (κ2) is 8.78. The van der Waals surface area contributed by atoms with E-state index in [2.05, 4.69) is 38.8 Å². The van der Waals surface area contributed by atoms with E-state index >= 15 is 0 Å². The molecule has 0 aliphatic heterocycles. The minimum atomic E-state index is -4.47. The number of aromatic nitrogens is 3. The Hall–Kier alpha value is -4.65. The summed E-state index contributed by atoms with van der Waals surface area (Å²) in [7, 11) is 0. The van der Waals surface area contributed by atoms with Gasteiger partial charge in [0.25, 0.3) is 0 Å². The number of benzene rings is 3. The van der Waals surface area contributed by atoms with Gasteiger partial charge in [0.05, 0.1) is 16.6 Å². The smallest absolute Gasteiger partial charge is 0.416 e. The molecule has 6 rings (SSSR count). The molecule has 0 unspecified atom stereocenters. The summed E-state index contributed by atoms with van der Waals surface area (Å²) in [5.74, 6) is 1.14. The molecule has 0 aliphatic carbocycles. The fourth-order valence-corrected chi connectivity index (χ4v) is 4.59. The van der Waals surface area contributed by atoms with Gasteiger partial charge in [-0.05, 0) is 60.0 Å². The van der Waals surface area contributed by atoms with Crippen LogP contribution in [0.1, 0.15) is 11.1 Å². The number of ether oxygens (including phenoxy) is 1. The summed E-state index contributed by atoms with van der Waals surface area (Å²) in [6, 6.07) is 27.4. The molecule has 0 N–H and O–H groups in total. The molecule has 0 radical (unpaired) electrons. The van der Waals surface area contributed by atoms with Crippen molar-refractivity contribution < 1.29 is 17.9 Å². The summed E-state index contributed by atoms with van der Waals surface area (Å²) in [5.41, 5.74) is 4.11. The molecule has 0 saturated carbocycles. The lowest BCUT2D eigenvalue weighted by Crippen LogP contribution is -2.05. The predicted molar refractivity (Wildman–Crippen MR) is 138 cm³/mol. The lowest BCUT2D eigenvalue weighted by atomic mass is 10.0. The van der Waals surface area contributed by atoms with Gasteiger partial charge in [-0.2, -0.15) is 13.2 Å². The lowest BCUT2D eigenvalue weighted by Gasteiger charge is -2.11. The van der Waals surface area contributed by atoms with Crippen LogP contribution in [0.2, 0.25) is 0 Å². The van der Waals surface area contributed by atoms with E-state index in [4.69, 9.17) is 4.74 Å². The fraction of sp³-hybridized carbons (Fsp3) is 0.0667. The van der Waals surface area contributed by atoms with Crippen molar-refractivity contribution >= 4 is 21.8 Å². The molecular formula is C30H20F3N3O. The van der Waals surface area contributed by atoms with Crippen molar-refractivity contribution in [1.29, 1.82) is 0 Å². The normalized spacial score (nSPS) is 11.8. The molecule has 0 spiro atoms. The van der Waals surface area contributed by atoms with Gasteiger partial charge in [-0.1, -0.05) is 48.5 Å². The number of fused-ring (bicyclic) bond motifs is 3. The molecule has 3 heterocycles. The minimum absolute atomic E-state index is 0.117. The second-order valence-electron chi connectivity index (χ2n) is 8.74. The maximum Gasteiger partial charge on any atom is 0.416 e. The summed E-state index contributed by atoms with van der Waals surface area (Å²) in [5, 5.41) is 2.23. The molecule has 3 aromatic heterocycles.